The second-order valence-electron chi connectivity index (χ2n) is 6.20. The number of nitrogens with zero attached hydrogens (tertiary/aromatic N) is 1. The molecule has 0 bridgehead atoms. The van der Waals surface area contributed by atoms with E-state index in [1.165, 1.54) is 39.3 Å². The van der Waals surface area contributed by atoms with Crippen LogP contribution < -0.4 is 5.32 Å². The van der Waals surface area contributed by atoms with Crippen molar-refractivity contribution in [1.29, 1.82) is 0 Å². The molecule has 1 atom stereocenters. The van der Waals surface area contributed by atoms with E-state index in [-0.39, 0.29) is 0 Å². The maximum absolute atomic E-state index is 3.74. The van der Waals surface area contributed by atoms with E-state index in [1.54, 1.807) is 0 Å². The number of unbranched alkanes of at least 4 members (excludes halogenated alkanes) is 1. The van der Waals surface area contributed by atoms with Crippen molar-refractivity contribution in [2.75, 3.05) is 25.9 Å². The van der Waals surface area contributed by atoms with Crippen molar-refractivity contribution in [2.24, 2.45) is 0 Å². The molecule has 1 rings (SSSR count). The van der Waals surface area contributed by atoms with Gasteiger partial charge >= 0.3 is 145 Å². The number of likely N-dealkylation sites (N-methyl/N-ethyl adjacent to an activating group) is 1. The third-order valence-corrected chi connectivity index (χ3v) is 16.0. The van der Waals surface area contributed by atoms with Gasteiger partial charge in [-0.25, -0.2) is 0 Å². The topological polar surface area (TPSA) is 15.3 Å². The Morgan fingerprint density at radius 1 is 1.27 bits per heavy atom. The Hall–Kier alpha value is 0.113. The standard InChI is InChI=1S/C18H34GeN2S/c1-6-10-16-22-17(18-20-14-15-21(18)5)12-11-13-19(7-2,8-3)9-4/h12,18,20H,6-10,14-16H2,1-5H3/b17-12-. The van der Waals surface area contributed by atoms with Gasteiger partial charge in [0.15, 0.2) is 0 Å². The van der Waals surface area contributed by atoms with E-state index >= 15 is 0 Å². The van der Waals surface area contributed by atoms with Crippen LogP contribution in [-0.2, 0) is 0 Å². The van der Waals surface area contributed by atoms with Crippen molar-refractivity contribution in [2.45, 2.75) is 62.5 Å². The van der Waals surface area contributed by atoms with E-state index in [0.29, 0.717) is 6.17 Å². The van der Waals surface area contributed by atoms with Gasteiger partial charge in [-0.15, -0.1) is 0 Å². The zero-order chi connectivity index (χ0) is 16.4. The van der Waals surface area contributed by atoms with Crippen LogP contribution in [0.4, 0.5) is 0 Å². The maximum atomic E-state index is 3.74. The average Bonchev–Trinajstić information content (AvgIpc) is 2.96. The molecule has 1 aliphatic rings. The molecule has 22 heavy (non-hydrogen) atoms. The molecular formula is C18H34GeN2S. The number of thioether (sulfide) groups is 1. The first-order chi connectivity index (χ1) is 10.6. The molecule has 126 valence electrons. The summed E-state index contributed by atoms with van der Waals surface area (Å²) in [6, 6.07) is 0. The van der Waals surface area contributed by atoms with E-state index < -0.39 is 13.3 Å². The van der Waals surface area contributed by atoms with Gasteiger partial charge < -0.3 is 0 Å². The Morgan fingerprint density at radius 3 is 2.45 bits per heavy atom. The summed E-state index contributed by atoms with van der Waals surface area (Å²) in [5.74, 6) is 4.69. The molecule has 0 amide bonds. The summed E-state index contributed by atoms with van der Waals surface area (Å²) in [6.45, 7) is 11.5. The summed E-state index contributed by atoms with van der Waals surface area (Å²) >= 11 is 0.133. The van der Waals surface area contributed by atoms with Crippen LogP contribution in [-0.4, -0.2) is 50.2 Å². The van der Waals surface area contributed by atoms with Crippen LogP contribution in [0.25, 0.3) is 0 Å². The fourth-order valence-electron chi connectivity index (χ4n) is 2.79. The molecule has 0 saturated carbocycles. The zero-order valence-electron chi connectivity index (χ0n) is 15.2. The van der Waals surface area contributed by atoms with Crippen molar-refractivity contribution in [3.8, 4) is 10.7 Å². The molecule has 1 aliphatic heterocycles. The molecule has 1 heterocycles. The summed E-state index contributed by atoms with van der Waals surface area (Å²) in [5, 5.41) is 7.59. The van der Waals surface area contributed by atoms with Gasteiger partial charge in [0.2, 0.25) is 0 Å². The van der Waals surface area contributed by atoms with Crippen molar-refractivity contribution in [3.63, 3.8) is 0 Å². The first-order valence-corrected chi connectivity index (χ1v) is 15.4. The van der Waals surface area contributed by atoms with E-state index in [4.69, 9.17) is 0 Å². The van der Waals surface area contributed by atoms with Gasteiger partial charge in [0.1, 0.15) is 0 Å². The zero-order valence-corrected chi connectivity index (χ0v) is 18.1. The molecule has 0 radical (unpaired) electrons. The number of nitrogens with one attached hydrogen (secondary N) is 1. The van der Waals surface area contributed by atoms with Crippen LogP contribution >= 0.6 is 11.8 Å². The molecule has 0 spiro atoms. The second kappa shape index (κ2) is 10.8. The minimum atomic E-state index is -1.86. The fourth-order valence-corrected chi connectivity index (χ4v) is 9.08. The molecule has 1 saturated heterocycles. The van der Waals surface area contributed by atoms with Crippen LogP contribution in [0.2, 0.25) is 15.8 Å². The molecule has 1 fully saturated rings. The van der Waals surface area contributed by atoms with E-state index in [0.717, 1.165) is 13.1 Å². The molecule has 0 aromatic heterocycles. The predicted molar refractivity (Wildman–Crippen MR) is 105 cm³/mol. The third-order valence-electron chi connectivity index (χ3n) is 4.86. The molecule has 2 nitrogen and oxygen atoms in total. The van der Waals surface area contributed by atoms with Gasteiger partial charge in [-0.2, -0.15) is 0 Å². The van der Waals surface area contributed by atoms with Crippen LogP contribution in [0.5, 0.6) is 0 Å². The van der Waals surface area contributed by atoms with Crippen molar-refractivity contribution < 1.29 is 0 Å². The Labute approximate surface area is 145 Å². The van der Waals surface area contributed by atoms with Crippen molar-refractivity contribution in [1.82, 2.24) is 10.2 Å². The van der Waals surface area contributed by atoms with E-state index in [2.05, 4.69) is 61.7 Å². The fraction of sp³-hybridized carbons (Fsp3) is 0.778. The Balaban J connectivity index is 2.86. The van der Waals surface area contributed by atoms with Gasteiger partial charge in [-0.3, -0.25) is 0 Å². The minimum absolute atomic E-state index is 0.378. The molecule has 1 N–H and O–H groups in total. The van der Waals surface area contributed by atoms with Gasteiger partial charge in [0.25, 0.3) is 0 Å². The summed E-state index contributed by atoms with van der Waals surface area (Å²) in [6.07, 6.45) is 5.15. The Morgan fingerprint density at radius 2 is 1.95 bits per heavy atom. The number of hydrogen-bond donors (Lipinski definition) is 1. The van der Waals surface area contributed by atoms with Gasteiger partial charge in [0, 0.05) is 0 Å². The van der Waals surface area contributed by atoms with E-state index in [9.17, 15) is 0 Å². The SMILES string of the molecule is CCCCS/C(=C\C#[C][Ge]([CH2]C)([CH2]C)[CH2]C)C1NCCN1C. The van der Waals surface area contributed by atoms with Crippen molar-refractivity contribution in [3.05, 3.63) is 11.0 Å². The predicted octanol–water partition coefficient (Wildman–Crippen LogP) is 4.32. The molecular weight excluding hydrogens is 349 g/mol. The molecule has 1 unspecified atom stereocenters. The first kappa shape index (κ1) is 20.2. The first-order valence-electron chi connectivity index (χ1n) is 8.91. The molecule has 4 heteroatoms. The average molecular weight is 383 g/mol. The summed E-state index contributed by atoms with van der Waals surface area (Å²) in [5.41, 5.74) is 0. The molecule has 0 aromatic carbocycles. The molecule has 0 aliphatic carbocycles. The van der Waals surface area contributed by atoms with Crippen molar-refractivity contribution >= 4 is 25.0 Å². The normalized spacial score (nSPS) is 20.0. The second-order valence-corrected chi connectivity index (χ2v) is 17.7. The van der Waals surface area contributed by atoms with Gasteiger partial charge in [-0.1, -0.05) is 0 Å². The summed E-state index contributed by atoms with van der Waals surface area (Å²) in [7, 11) is 2.21. The summed E-state index contributed by atoms with van der Waals surface area (Å²) in [4.78, 5) is 3.82. The Bertz CT molecular complexity index is 399. The van der Waals surface area contributed by atoms with Crippen LogP contribution in [0.1, 0.15) is 40.5 Å². The quantitative estimate of drug-likeness (QED) is 0.382. The number of rotatable bonds is 8. The Kier molecular flexibility index (Phi) is 9.90. The third kappa shape index (κ3) is 5.96. The van der Waals surface area contributed by atoms with Gasteiger partial charge in [-0.05, 0) is 0 Å². The molecule has 0 aromatic rings. The number of allylic oxidation sites excluding steroid dienone is 1. The van der Waals surface area contributed by atoms with Crippen LogP contribution in [0.3, 0.4) is 0 Å². The van der Waals surface area contributed by atoms with E-state index in [1.807, 2.05) is 11.8 Å². The van der Waals surface area contributed by atoms with Gasteiger partial charge in [0.05, 0.1) is 0 Å². The monoisotopic (exact) mass is 384 g/mol. The van der Waals surface area contributed by atoms with Crippen LogP contribution in [0, 0.1) is 10.7 Å². The summed E-state index contributed by atoms with van der Waals surface area (Å²) < 4.78 is 3.74. The number of hydrogen-bond acceptors (Lipinski definition) is 3. The van der Waals surface area contributed by atoms with Crippen LogP contribution in [0.15, 0.2) is 11.0 Å².